The second-order valence-electron chi connectivity index (χ2n) is 4.38. The summed E-state index contributed by atoms with van der Waals surface area (Å²) in [5.41, 5.74) is -0.273. The number of rotatable bonds is 7. The third-order valence-corrected chi connectivity index (χ3v) is 2.78. The molecule has 0 aromatic carbocycles. The fourth-order valence-electron chi connectivity index (χ4n) is 1.70. The van der Waals surface area contributed by atoms with E-state index in [0.717, 1.165) is 25.5 Å². The number of aromatic nitrogens is 2. The van der Waals surface area contributed by atoms with Gasteiger partial charge in [-0.1, -0.05) is 26.2 Å². The maximum Gasteiger partial charge on any atom is 0.435 e. The van der Waals surface area contributed by atoms with Crippen LogP contribution in [0.4, 0.5) is 13.2 Å². The zero-order valence-corrected chi connectivity index (χ0v) is 12.1. The molecule has 0 aliphatic rings. The Morgan fingerprint density at radius 1 is 1.26 bits per heavy atom. The largest absolute Gasteiger partial charge is 0.435 e. The first-order chi connectivity index (χ1) is 8.45. The summed E-state index contributed by atoms with van der Waals surface area (Å²) in [4.78, 5) is 0. The smallest absolute Gasteiger partial charge is 0.311 e. The summed E-state index contributed by atoms with van der Waals surface area (Å²) in [5.74, 6) is 0. The van der Waals surface area contributed by atoms with Crippen LogP contribution >= 0.6 is 12.4 Å². The summed E-state index contributed by atoms with van der Waals surface area (Å²) in [6.07, 6.45) is 0.222. The Labute approximate surface area is 118 Å². The molecule has 0 fully saturated rings. The fourth-order valence-corrected chi connectivity index (χ4v) is 1.70. The van der Waals surface area contributed by atoms with Crippen molar-refractivity contribution in [2.75, 3.05) is 6.54 Å². The van der Waals surface area contributed by atoms with Crippen LogP contribution in [0, 0.1) is 0 Å². The van der Waals surface area contributed by atoms with Crippen LogP contribution in [0.1, 0.15) is 44.0 Å². The highest BCUT2D eigenvalue weighted by atomic mass is 35.5. The van der Waals surface area contributed by atoms with Crippen LogP contribution in [0.3, 0.4) is 0 Å². The van der Waals surface area contributed by atoms with Crippen molar-refractivity contribution >= 4 is 12.4 Å². The molecule has 0 saturated heterocycles. The van der Waals surface area contributed by atoms with E-state index in [1.54, 1.807) is 0 Å². The van der Waals surface area contributed by atoms with Crippen molar-refractivity contribution in [2.24, 2.45) is 7.05 Å². The lowest BCUT2D eigenvalue weighted by Crippen LogP contribution is -2.16. The van der Waals surface area contributed by atoms with E-state index >= 15 is 0 Å². The highest BCUT2D eigenvalue weighted by Gasteiger charge is 2.34. The standard InChI is InChI=1S/C12H20F3N3.ClH/c1-3-4-5-6-7-16-9-10-8-11(12(13,14)15)17-18(10)2;/h8,16H,3-7,9H2,1-2H3;1H. The normalized spacial score (nSPS) is 11.4. The van der Waals surface area contributed by atoms with E-state index in [-0.39, 0.29) is 12.4 Å². The van der Waals surface area contributed by atoms with Crippen LogP contribution < -0.4 is 5.32 Å². The molecule has 1 aromatic rings. The lowest BCUT2D eigenvalue weighted by molar-refractivity contribution is -0.141. The molecule has 112 valence electrons. The molecule has 0 bridgehead atoms. The number of alkyl halides is 3. The fraction of sp³-hybridized carbons (Fsp3) is 0.750. The Hall–Kier alpha value is -0.750. The molecule has 1 heterocycles. The van der Waals surface area contributed by atoms with Crippen LogP contribution in [0.5, 0.6) is 0 Å². The zero-order chi connectivity index (χ0) is 13.6. The Balaban J connectivity index is 0.00000324. The molecular weight excluding hydrogens is 279 g/mol. The lowest BCUT2D eigenvalue weighted by Gasteiger charge is -2.04. The maximum atomic E-state index is 12.4. The van der Waals surface area contributed by atoms with E-state index in [9.17, 15) is 13.2 Å². The van der Waals surface area contributed by atoms with Crippen molar-refractivity contribution in [3.8, 4) is 0 Å². The molecular formula is C12H21ClF3N3. The molecule has 1 aromatic heterocycles. The third-order valence-electron chi connectivity index (χ3n) is 2.78. The third kappa shape index (κ3) is 6.29. The van der Waals surface area contributed by atoms with E-state index in [1.807, 2.05) is 0 Å². The SMILES string of the molecule is CCCCCCNCc1cc(C(F)(F)F)nn1C.Cl. The van der Waals surface area contributed by atoms with Gasteiger partial charge in [0, 0.05) is 13.6 Å². The van der Waals surface area contributed by atoms with E-state index in [2.05, 4.69) is 17.3 Å². The number of nitrogens with one attached hydrogen (secondary N) is 1. The first kappa shape index (κ1) is 18.2. The molecule has 0 saturated carbocycles. The average molecular weight is 300 g/mol. The summed E-state index contributed by atoms with van der Waals surface area (Å²) in [5, 5.41) is 6.60. The molecule has 1 rings (SSSR count). The number of hydrogen-bond donors (Lipinski definition) is 1. The van der Waals surface area contributed by atoms with Gasteiger partial charge in [-0.25, -0.2) is 0 Å². The monoisotopic (exact) mass is 299 g/mol. The van der Waals surface area contributed by atoms with Gasteiger partial charge in [-0.3, -0.25) is 4.68 Å². The molecule has 0 radical (unpaired) electrons. The van der Waals surface area contributed by atoms with Crippen molar-refractivity contribution in [1.29, 1.82) is 0 Å². The molecule has 7 heteroatoms. The van der Waals surface area contributed by atoms with Gasteiger partial charge >= 0.3 is 6.18 Å². The van der Waals surface area contributed by atoms with Gasteiger partial charge in [0.2, 0.25) is 0 Å². The van der Waals surface area contributed by atoms with Crippen molar-refractivity contribution in [2.45, 2.75) is 45.3 Å². The summed E-state index contributed by atoms with van der Waals surface area (Å²) in [6.45, 7) is 3.39. The lowest BCUT2D eigenvalue weighted by atomic mass is 10.2. The summed E-state index contributed by atoms with van der Waals surface area (Å²) in [6, 6.07) is 1.10. The zero-order valence-electron chi connectivity index (χ0n) is 11.3. The van der Waals surface area contributed by atoms with E-state index in [4.69, 9.17) is 0 Å². The van der Waals surface area contributed by atoms with Crippen molar-refractivity contribution in [3.63, 3.8) is 0 Å². The first-order valence-corrected chi connectivity index (χ1v) is 6.26. The first-order valence-electron chi connectivity index (χ1n) is 6.26. The minimum Gasteiger partial charge on any atom is -0.311 e. The van der Waals surface area contributed by atoms with Crippen LogP contribution in [0.2, 0.25) is 0 Å². The predicted molar refractivity (Wildman–Crippen MR) is 71.3 cm³/mol. The van der Waals surface area contributed by atoms with Gasteiger partial charge in [0.15, 0.2) is 5.69 Å². The second-order valence-corrected chi connectivity index (χ2v) is 4.38. The molecule has 0 aliphatic heterocycles. The second kappa shape index (κ2) is 8.43. The maximum absolute atomic E-state index is 12.4. The number of hydrogen-bond acceptors (Lipinski definition) is 2. The molecule has 0 atom stereocenters. The van der Waals surface area contributed by atoms with Gasteiger partial charge in [-0.05, 0) is 19.0 Å². The molecule has 1 N–H and O–H groups in total. The Kier molecular flexibility index (Phi) is 8.09. The minimum atomic E-state index is -4.36. The van der Waals surface area contributed by atoms with Gasteiger partial charge in [-0.2, -0.15) is 18.3 Å². The van der Waals surface area contributed by atoms with Gasteiger partial charge in [0.05, 0.1) is 5.69 Å². The molecule has 0 amide bonds. The van der Waals surface area contributed by atoms with Crippen molar-refractivity contribution in [3.05, 3.63) is 17.5 Å². The number of aryl methyl sites for hydroxylation is 1. The Morgan fingerprint density at radius 2 is 1.95 bits per heavy atom. The molecule has 0 unspecified atom stereocenters. The predicted octanol–water partition coefficient (Wildman–Crippen LogP) is 3.53. The van der Waals surface area contributed by atoms with Gasteiger partial charge < -0.3 is 5.32 Å². The quantitative estimate of drug-likeness (QED) is 0.781. The highest BCUT2D eigenvalue weighted by Crippen LogP contribution is 2.28. The van der Waals surface area contributed by atoms with Crippen molar-refractivity contribution < 1.29 is 13.2 Å². The molecule has 3 nitrogen and oxygen atoms in total. The minimum absolute atomic E-state index is 0. The summed E-state index contributed by atoms with van der Waals surface area (Å²) < 4.78 is 38.5. The molecule has 0 spiro atoms. The average Bonchev–Trinajstić information content (AvgIpc) is 2.65. The number of nitrogens with zero attached hydrogens (tertiary/aromatic N) is 2. The summed E-state index contributed by atoms with van der Waals surface area (Å²) in [7, 11) is 1.53. The van der Waals surface area contributed by atoms with E-state index in [0.29, 0.717) is 12.2 Å². The summed E-state index contributed by atoms with van der Waals surface area (Å²) >= 11 is 0. The highest BCUT2D eigenvalue weighted by molar-refractivity contribution is 5.85. The van der Waals surface area contributed by atoms with Crippen molar-refractivity contribution in [1.82, 2.24) is 15.1 Å². The van der Waals surface area contributed by atoms with E-state index < -0.39 is 11.9 Å². The van der Waals surface area contributed by atoms with Gasteiger partial charge in [0.1, 0.15) is 0 Å². The van der Waals surface area contributed by atoms with Gasteiger partial charge in [-0.15, -0.1) is 12.4 Å². The number of halogens is 4. The van der Waals surface area contributed by atoms with E-state index in [1.165, 1.54) is 24.6 Å². The Morgan fingerprint density at radius 3 is 2.47 bits per heavy atom. The topological polar surface area (TPSA) is 29.9 Å². The molecule has 19 heavy (non-hydrogen) atoms. The van der Waals surface area contributed by atoms with Crippen LogP contribution in [-0.2, 0) is 19.8 Å². The van der Waals surface area contributed by atoms with Crippen LogP contribution in [-0.4, -0.2) is 16.3 Å². The molecule has 0 aliphatic carbocycles. The van der Waals surface area contributed by atoms with Gasteiger partial charge in [0.25, 0.3) is 0 Å². The number of unbranched alkanes of at least 4 members (excludes halogenated alkanes) is 3. The Bertz CT molecular complexity index is 364. The van der Waals surface area contributed by atoms with Crippen LogP contribution in [0.25, 0.3) is 0 Å². The van der Waals surface area contributed by atoms with Crippen LogP contribution in [0.15, 0.2) is 6.07 Å².